The Kier molecular flexibility index (Phi) is 5.48. The molecule has 5 nitrogen and oxygen atoms in total. The predicted molar refractivity (Wildman–Crippen MR) is 131 cm³/mol. The number of methoxy groups -OCH3 is 1. The summed E-state index contributed by atoms with van der Waals surface area (Å²) in [5, 5.41) is 2.61. The zero-order chi connectivity index (χ0) is 23.1. The van der Waals surface area contributed by atoms with Crippen molar-refractivity contribution in [1.29, 1.82) is 0 Å². The monoisotopic (exact) mass is 474 g/mol. The molecule has 1 unspecified atom stereocenters. The zero-order valence-electron chi connectivity index (χ0n) is 17.9. The van der Waals surface area contributed by atoms with Crippen LogP contribution in [0, 0.1) is 0 Å². The van der Waals surface area contributed by atoms with Crippen LogP contribution in [0.3, 0.4) is 0 Å². The summed E-state index contributed by atoms with van der Waals surface area (Å²) in [6, 6.07) is 20.5. The molecule has 3 aromatic carbocycles. The number of halogens is 1. The highest BCUT2D eigenvalue weighted by Gasteiger charge is 2.34. The normalized spacial score (nSPS) is 16.0. The molecule has 0 saturated heterocycles. The Morgan fingerprint density at radius 3 is 2.61 bits per heavy atom. The second kappa shape index (κ2) is 8.46. The third kappa shape index (κ3) is 3.61. The van der Waals surface area contributed by atoms with E-state index in [4.69, 9.17) is 16.3 Å². The van der Waals surface area contributed by atoms with Crippen molar-refractivity contribution in [2.45, 2.75) is 13.0 Å². The summed E-state index contributed by atoms with van der Waals surface area (Å²) in [6.07, 6.45) is 1.88. The van der Waals surface area contributed by atoms with Crippen LogP contribution in [0.4, 0.5) is 0 Å². The van der Waals surface area contributed by atoms with Crippen LogP contribution < -0.4 is 14.9 Å². The molecule has 5 rings (SSSR count). The molecule has 164 valence electrons. The number of carbonyl (C=O) groups is 1. The molecular formula is C26H19ClN2O3S. The maximum Gasteiger partial charge on any atom is 0.338 e. The lowest BCUT2D eigenvalue weighted by molar-refractivity contribution is -0.136. The first kappa shape index (κ1) is 21.4. The first-order valence-electron chi connectivity index (χ1n) is 10.3. The molecule has 2 heterocycles. The number of thiazole rings is 1. The minimum atomic E-state index is -0.725. The van der Waals surface area contributed by atoms with E-state index >= 15 is 0 Å². The number of carbonyl (C=O) groups excluding carboxylic acids is 1. The van der Waals surface area contributed by atoms with Gasteiger partial charge >= 0.3 is 5.97 Å². The Morgan fingerprint density at radius 1 is 1.09 bits per heavy atom. The van der Waals surface area contributed by atoms with Gasteiger partial charge in [-0.05, 0) is 41.0 Å². The Labute approximate surface area is 198 Å². The number of aromatic nitrogens is 1. The van der Waals surface area contributed by atoms with Gasteiger partial charge in [-0.25, -0.2) is 9.79 Å². The molecule has 0 radical (unpaired) electrons. The highest BCUT2D eigenvalue weighted by Crippen LogP contribution is 2.34. The lowest BCUT2D eigenvalue weighted by atomic mass is 9.96. The van der Waals surface area contributed by atoms with Crippen molar-refractivity contribution in [3.63, 3.8) is 0 Å². The maximum absolute atomic E-state index is 13.7. The third-order valence-electron chi connectivity index (χ3n) is 5.74. The maximum atomic E-state index is 13.7. The molecule has 1 aliphatic heterocycles. The number of hydrogen-bond acceptors (Lipinski definition) is 5. The standard InChI is InChI=1S/C26H19ClN2O3S/c1-15-22(25(31)32-2)23(19-12-5-6-13-20(19)27)29-24(30)21(33-26(29)28-15)14-17-10-7-9-16-8-3-4-11-18(16)17/h3-14,23H,1-2H3. The molecule has 4 aromatic rings. The van der Waals surface area contributed by atoms with E-state index in [0.29, 0.717) is 31.2 Å². The van der Waals surface area contributed by atoms with E-state index in [2.05, 4.69) is 4.99 Å². The molecular weight excluding hydrogens is 456 g/mol. The van der Waals surface area contributed by atoms with Gasteiger partial charge in [-0.3, -0.25) is 9.36 Å². The highest BCUT2D eigenvalue weighted by atomic mass is 35.5. The number of allylic oxidation sites excluding steroid dienone is 1. The number of fused-ring (bicyclic) bond motifs is 2. The molecule has 1 aromatic heterocycles. The van der Waals surface area contributed by atoms with Crippen molar-refractivity contribution >= 4 is 45.8 Å². The van der Waals surface area contributed by atoms with Crippen molar-refractivity contribution < 1.29 is 9.53 Å². The van der Waals surface area contributed by atoms with Crippen molar-refractivity contribution in [3.8, 4) is 0 Å². The van der Waals surface area contributed by atoms with Crippen molar-refractivity contribution in [3.05, 3.63) is 114 Å². The highest BCUT2D eigenvalue weighted by molar-refractivity contribution is 7.07. The molecule has 1 aliphatic rings. The first-order chi connectivity index (χ1) is 16.0. The SMILES string of the molecule is COC(=O)C1=C(C)N=c2sc(=Cc3cccc4ccccc34)c(=O)n2C1c1ccccc1Cl. The fourth-order valence-electron chi connectivity index (χ4n) is 4.20. The third-order valence-corrected chi connectivity index (χ3v) is 7.06. The van der Waals surface area contributed by atoms with Gasteiger partial charge in [0.25, 0.3) is 5.56 Å². The molecule has 0 amide bonds. The lowest BCUT2D eigenvalue weighted by Gasteiger charge is -2.25. The van der Waals surface area contributed by atoms with Crippen LogP contribution in [-0.2, 0) is 9.53 Å². The van der Waals surface area contributed by atoms with Crippen LogP contribution in [0.25, 0.3) is 16.8 Å². The van der Waals surface area contributed by atoms with Crippen LogP contribution in [0.2, 0.25) is 5.02 Å². The number of esters is 1. The summed E-state index contributed by atoms with van der Waals surface area (Å²) in [5.41, 5.74) is 2.16. The second-order valence-electron chi connectivity index (χ2n) is 7.66. The summed E-state index contributed by atoms with van der Waals surface area (Å²) in [7, 11) is 1.32. The summed E-state index contributed by atoms with van der Waals surface area (Å²) in [6.45, 7) is 1.75. The topological polar surface area (TPSA) is 60.7 Å². The van der Waals surface area contributed by atoms with E-state index in [1.807, 2.05) is 66.7 Å². The van der Waals surface area contributed by atoms with E-state index in [-0.39, 0.29) is 5.56 Å². The van der Waals surface area contributed by atoms with Gasteiger partial charge in [0.15, 0.2) is 4.80 Å². The van der Waals surface area contributed by atoms with Gasteiger partial charge in [0.2, 0.25) is 0 Å². The fourth-order valence-corrected chi connectivity index (χ4v) is 5.48. The Balaban J connectivity index is 1.79. The molecule has 7 heteroatoms. The number of rotatable bonds is 3. The van der Waals surface area contributed by atoms with Crippen LogP contribution in [0.15, 0.2) is 87.8 Å². The average molecular weight is 475 g/mol. The van der Waals surface area contributed by atoms with Crippen molar-refractivity contribution in [2.24, 2.45) is 4.99 Å². The van der Waals surface area contributed by atoms with E-state index < -0.39 is 12.0 Å². The van der Waals surface area contributed by atoms with Crippen LogP contribution in [0.5, 0.6) is 0 Å². The Bertz CT molecular complexity index is 1630. The van der Waals surface area contributed by atoms with Gasteiger partial charge in [0.05, 0.1) is 22.9 Å². The molecule has 0 spiro atoms. The summed E-state index contributed by atoms with van der Waals surface area (Å²) < 4.78 is 7.11. The van der Waals surface area contributed by atoms with Gasteiger partial charge in [0.1, 0.15) is 6.04 Å². The van der Waals surface area contributed by atoms with Gasteiger partial charge in [-0.2, -0.15) is 0 Å². The number of nitrogens with zero attached hydrogens (tertiary/aromatic N) is 2. The summed E-state index contributed by atoms with van der Waals surface area (Å²) in [5.74, 6) is -0.537. The zero-order valence-corrected chi connectivity index (χ0v) is 19.5. The predicted octanol–water partition coefficient (Wildman–Crippen LogP) is 4.21. The molecule has 0 fully saturated rings. The average Bonchev–Trinajstić information content (AvgIpc) is 3.13. The van der Waals surface area contributed by atoms with Crippen LogP contribution >= 0.6 is 22.9 Å². The fraction of sp³-hybridized carbons (Fsp3) is 0.115. The van der Waals surface area contributed by atoms with E-state index in [0.717, 1.165) is 16.3 Å². The second-order valence-corrected chi connectivity index (χ2v) is 9.08. The molecule has 0 bridgehead atoms. The van der Waals surface area contributed by atoms with E-state index in [1.54, 1.807) is 17.6 Å². The van der Waals surface area contributed by atoms with Crippen molar-refractivity contribution in [2.75, 3.05) is 7.11 Å². The van der Waals surface area contributed by atoms with Crippen LogP contribution in [-0.4, -0.2) is 17.6 Å². The lowest BCUT2D eigenvalue weighted by Crippen LogP contribution is -2.39. The van der Waals surface area contributed by atoms with Gasteiger partial charge in [0, 0.05) is 5.02 Å². The molecule has 33 heavy (non-hydrogen) atoms. The minimum absolute atomic E-state index is 0.231. The largest absolute Gasteiger partial charge is 0.466 e. The van der Waals surface area contributed by atoms with E-state index in [9.17, 15) is 9.59 Å². The number of hydrogen-bond donors (Lipinski definition) is 0. The van der Waals surface area contributed by atoms with Gasteiger partial charge < -0.3 is 4.74 Å². The Hall–Kier alpha value is -3.48. The number of benzene rings is 3. The van der Waals surface area contributed by atoms with Crippen molar-refractivity contribution in [1.82, 2.24) is 4.57 Å². The van der Waals surface area contributed by atoms with Crippen LogP contribution in [0.1, 0.15) is 24.1 Å². The molecule has 0 N–H and O–H groups in total. The summed E-state index contributed by atoms with van der Waals surface area (Å²) >= 11 is 7.81. The quantitative estimate of drug-likeness (QED) is 0.418. The molecule has 0 saturated carbocycles. The van der Waals surface area contributed by atoms with Gasteiger partial charge in [-0.1, -0.05) is 83.6 Å². The van der Waals surface area contributed by atoms with E-state index in [1.165, 1.54) is 18.4 Å². The summed E-state index contributed by atoms with van der Waals surface area (Å²) in [4.78, 5) is 31.5. The number of ether oxygens (including phenoxy) is 1. The molecule has 1 atom stereocenters. The van der Waals surface area contributed by atoms with Gasteiger partial charge in [-0.15, -0.1) is 0 Å². The molecule has 0 aliphatic carbocycles. The minimum Gasteiger partial charge on any atom is -0.466 e. The smallest absolute Gasteiger partial charge is 0.338 e. The first-order valence-corrected chi connectivity index (χ1v) is 11.5. The Morgan fingerprint density at radius 2 is 1.82 bits per heavy atom.